The van der Waals surface area contributed by atoms with E-state index in [0.29, 0.717) is 46.4 Å². The third kappa shape index (κ3) is 3.66. The fourth-order valence-corrected chi connectivity index (χ4v) is 4.54. The minimum atomic E-state index is -0.856. The lowest BCUT2D eigenvalue weighted by Crippen LogP contribution is -2.76. The zero-order valence-corrected chi connectivity index (χ0v) is 19.4. The van der Waals surface area contributed by atoms with Gasteiger partial charge in [-0.25, -0.2) is 9.37 Å². The number of nitrogens with zero attached hydrogens (tertiary/aromatic N) is 5. The number of rotatable bonds is 6. The fourth-order valence-electron chi connectivity index (χ4n) is 4.42. The average Bonchev–Trinajstić information content (AvgIpc) is 3.16. The molecular weight excluding hydrogens is 457 g/mol. The van der Waals surface area contributed by atoms with Gasteiger partial charge in [-0.15, -0.1) is 5.10 Å². The summed E-state index contributed by atoms with van der Waals surface area (Å²) in [5.74, 6) is 0.100. The van der Waals surface area contributed by atoms with Crippen molar-refractivity contribution in [2.45, 2.75) is 25.4 Å². The van der Waals surface area contributed by atoms with Gasteiger partial charge in [0.05, 0.1) is 17.3 Å². The van der Waals surface area contributed by atoms with Gasteiger partial charge in [0, 0.05) is 29.8 Å². The summed E-state index contributed by atoms with van der Waals surface area (Å²) >= 11 is 6.10. The molecule has 1 saturated heterocycles. The molecule has 0 radical (unpaired) electrons. The van der Waals surface area contributed by atoms with Crippen molar-refractivity contribution in [1.82, 2.24) is 25.1 Å². The second kappa shape index (κ2) is 8.34. The number of hydrogen-bond acceptors (Lipinski definition) is 6. The first-order valence-electron chi connectivity index (χ1n) is 10.9. The molecule has 0 aliphatic carbocycles. The van der Waals surface area contributed by atoms with E-state index in [4.69, 9.17) is 22.3 Å². The van der Waals surface area contributed by atoms with Crippen molar-refractivity contribution in [3.63, 3.8) is 0 Å². The van der Waals surface area contributed by atoms with Crippen LogP contribution in [0.3, 0.4) is 0 Å². The molecule has 3 N–H and O–H groups in total. The summed E-state index contributed by atoms with van der Waals surface area (Å²) in [6.07, 6.45) is 1.60. The molecule has 0 spiro atoms. The summed E-state index contributed by atoms with van der Waals surface area (Å²) in [5, 5.41) is 12.4. The summed E-state index contributed by atoms with van der Waals surface area (Å²) in [6, 6.07) is 13.7. The summed E-state index contributed by atoms with van der Waals surface area (Å²) in [5.41, 5.74) is 7.14. The third-order valence-corrected chi connectivity index (χ3v) is 6.17. The molecule has 4 aromatic rings. The quantitative estimate of drug-likeness (QED) is 0.440. The molecule has 34 heavy (non-hydrogen) atoms. The van der Waals surface area contributed by atoms with E-state index < -0.39 is 17.3 Å². The molecule has 1 aliphatic rings. The number of carbonyl (C=O) groups is 1. The van der Waals surface area contributed by atoms with Gasteiger partial charge >= 0.3 is 0 Å². The first-order valence-corrected chi connectivity index (χ1v) is 11.2. The van der Waals surface area contributed by atoms with Gasteiger partial charge in [-0.05, 0) is 50.2 Å². The minimum Gasteiger partial charge on any atom is -0.368 e. The van der Waals surface area contributed by atoms with Crippen LogP contribution >= 0.6 is 11.6 Å². The predicted molar refractivity (Wildman–Crippen MR) is 129 cm³/mol. The zero-order valence-electron chi connectivity index (χ0n) is 18.7. The van der Waals surface area contributed by atoms with Crippen LogP contribution in [0.25, 0.3) is 28.1 Å². The highest BCUT2D eigenvalue weighted by Gasteiger charge is 2.49. The van der Waals surface area contributed by atoms with Gasteiger partial charge in [0.2, 0.25) is 5.91 Å². The van der Waals surface area contributed by atoms with Crippen molar-refractivity contribution in [2.24, 2.45) is 5.73 Å². The predicted octanol–water partition coefficient (Wildman–Crippen LogP) is 3.32. The number of anilines is 1. The molecular formula is C24H23ClFN7O. The van der Waals surface area contributed by atoms with E-state index >= 15 is 0 Å². The van der Waals surface area contributed by atoms with Gasteiger partial charge < -0.3 is 10.6 Å². The Bertz CT molecular complexity index is 1380. The minimum absolute atomic E-state index is 0.0771. The Hall–Kier alpha value is -3.56. The number of halogens is 2. The van der Waals surface area contributed by atoms with Crippen molar-refractivity contribution in [3.8, 4) is 17.1 Å². The van der Waals surface area contributed by atoms with E-state index in [1.165, 1.54) is 6.07 Å². The molecule has 10 heteroatoms. The van der Waals surface area contributed by atoms with E-state index in [0.717, 1.165) is 5.69 Å². The summed E-state index contributed by atoms with van der Waals surface area (Å²) in [7, 11) is 0. The first-order chi connectivity index (χ1) is 16.3. The van der Waals surface area contributed by atoms with Crippen LogP contribution in [0.2, 0.25) is 5.02 Å². The van der Waals surface area contributed by atoms with Gasteiger partial charge in [-0.1, -0.05) is 23.7 Å². The molecule has 174 valence electrons. The van der Waals surface area contributed by atoms with E-state index in [9.17, 15) is 9.18 Å². The van der Waals surface area contributed by atoms with E-state index in [1.807, 2.05) is 35.4 Å². The van der Waals surface area contributed by atoms with Crippen LogP contribution in [-0.4, -0.2) is 50.3 Å². The summed E-state index contributed by atoms with van der Waals surface area (Å²) < 4.78 is 16.7. The zero-order chi connectivity index (χ0) is 24.0. The first kappa shape index (κ1) is 22.2. The van der Waals surface area contributed by atoms with Crippen LogP contribution < -0.4 is 16.0 Å². The molecule has 0 saturated carbocycles. The Kier molecular flexibility index (Phi) is 5.45. The number of benzene rings is 2. The van der Waals surface area contributed by atoms with Crippen LogP contribution in [0.4, 0.5) is 10.2 Å². The number of primary amides is 1. The molecule has 8 nitrogen and oxygen atoms in total. The van der Waals surface area contributed by atoms with E-state index in [2.05, 4.69) is 15.5 Å². The lowest BCUT2D eigenvalue weighted by atomic mass is 9.88. The maximum absolute atomic E-state index is 14.8. The van der Waals surface area contributed by atoms with Gasteiger partial charge in [0.1, 0.15) is 22.7 Å². The molecule has 2 aromatic heterocycles. The van der Waals surface area contributed by atoms with E-state index in [1.54, 1.807) is 36.5 Å². The van der Waals surface area contributed by atoms with E-state index in [-0.39, 0.29) is 6.04 Å². The Balaban J connectivity index is 1.66. The standard InChI is InChI=1S/C24H23ClFN7O/c1-14(2)30-24(23(27)34)12-32(13-24)22-20-19(11-28-31-22)33(16-9-7-15(25)8-10-16)21(29-20)17-5-3-4-6-18(17)26/h3-11,14,30H,12-13H2,1-2H3,(H2,27,34). The Labute approximate surface area is 200 Å². The maximum atomic E-state index is 14.8. The number of aromatic nitrogens is 4. The number of hydrogen-bond donors (Lipinski definition) is 2. The number of nitrogens with one attached hydrogen (secondary N) is 1. The molecule has 0 unspecified atom stereocenters. The molecule has 0 bridgehead atoms. The average molecular weight is 480 g/mol. The van der Waals surface area contributed by atoms with Crippen molar-refractivity contribution in [2.75, 3.05) is 18.0 Å². The Morgan fingerprint density at radius 3 is 2.53 bits per heavy atom. The number of fused-ring (bicyclic) bond motifs is 1. The van der Waals surface area contributed by atoms with Crippen LogP contribution in [0.5, 0.6) is 0 Å². The molecule has 1 amide bonds. The Morgan fingerprint density at radius 2 is 1.88 bits per heavy atom. The largest absolute Gasteiger partial charge is 0.368 e. The van der Waals surface area contributed by atoms with Crippen LogP contribution in [0, 0.1) is 5.82 Å². The number of carbonyl (C=O) groups excluding carboxylic acids is 1. The lowest BCUT2D eigenvalue weighted by Gasteiger charge is -2.49. The van der Waals surface area contributed by atoms with Crippen LogP contribution in [0.15, 0.2) is 54.7 Å². The lowest BCUT2D eigenvalue weighted by molar-refractivity contribution is -0.125. The second-order valence-corrected chi connectivity index (χ2v) is 9.17. The number of imidazole rings is 1. The Morgan fingerprint density at radius 1 is 1.18 bits per heavy atom. The van der Waals surface area contributed by atoms with Crippen molar-refractivity contribution in [3.05, 3.63) is 65.6 Å². The summed E-state index contributed by atoms with van der Waals surface area (Å²) in [6.45, 7) is 4.58. The molecule has 3 heterocycles. The van der Waals surface area contributed by atoms with Crippen LogP contribution in [0.1, 0.15) is 13.8 Å². The number of nitrogens with two attached hydrogens (primary N) is 1. The van der Waals surface area contributed by atoms with Gasteiger partial charge in [0.25, 0.3) is 0 Å². The maximum Gasteiger partial charge on any atom is 0.241 e. The highest BCUT2D eigenvalue weighted by molar-refractivity contribution is 6.30. The van der Waals surface area contributed by atoms with Crippen molar-refractivity contribution < 1.29 is 9.18 Å². The second-order valence-electron chi connectivity index (χ2n) is 8.73. The van der Waals surface area contributed by atoms with Gasteiger partial charge in [-0.3, -0.25) is 14.7 Å². The molecule has 5 rings (SSSR count). The highest BCUT2D eigenvalue weighted by Crippen LogP contribution is 2.36. The topological polar surface area (TPSA) is 102 Å². The van der Waals surface area contributed by atoms with Crippen molar-refractivity contribution in [1.29, 1.82) is 0 Å². The van der Waals surface area contributed by atoms with Crippen LogP contribution in [-0.2, 0) is 4.79 Å². The molecule has 1 fully saturated rings. The molecule has 0 atom stereocenters. The smallest absolute Gasteiger partial charge is 0.241 e. The number of amides is 1. The van der Waals surface area contributed by atoms with Crippen molar-refractivity contribution >= 4 is 34.4 Å². The SMILES string of the molecule is CC(C)NC1(C(N)=O)CN(c2nncc3c2nc(-c2ccccc2F)n3-c2ccc(Cl)cc2)C1. The highest BCUT2D eigenvalue weighted by atomic mass is 35.5. The van der Waals surface area contributed by atoms with Gasteiger partial charge in [0.15, 0.2) is 5.82 Å². The third-order valence-electron chi connectivity index (χ3n) is 5.91. The molecule has 1 aliphatic heterocycles. The van der Waals surface area contributed by atoms with Gasteiger partial charge in [-0.2, -0.15) is 5.10 Å². The summed E-state index contributed by atoms with van der Waals surface area (Å²) in [4.78, 5) is 18.9. The fraction of sp³-hybridized carbons (Fsp3) is 0.250. The molecule has 2 aromatic carbocycles. The monoisotopic (exact) mass is 479 g/mol. The normalized spacial score (nSPS) is 15.0.